The van der Waals surface area contributed by atoms with E-state index in [1.54, 1.807) is 39.8 Å². The fourth-order valence-corrected chi connectivity index (χ4v) is 3.86. The Balaban J connectivity index is 2.17. The number of benzene rings is 2. The highest BCUT2D eigenvalue weighted by atomic mass is 35.5. The Labute approximate surface area is 169 Å². The number of rotatable bonds is 3. The summed E-state index contributed by atoms with van der Waals surface area (Å²) in [6.07, 6.45) is 0.657. The molecule has 1 aliphatic rings. The van der Waals surface area contributed by atoms with Gasteiger partial charge in [0.05, 0.1) is 10.6 Å². The molecule has 0 bridgehead atoms. The Hall–Kier alpha value is -2.17. The van der Waals surface area contributed by atoms with Gasteiger partial charge in [-0.25, -0.2) is 4.39 Å². The van der Waals surface area contributed by atoms with E-state index >= 15 is 0 Å². The smallest absolute Gasteiger partial charge is 0.198 e. The van der Waals surface area contributed by atoms with Gasteiger partial charge < -0.3 is 9.84 Å². The SMILES string of the molecule is CCc1cc(-c2ccc(F)c(Cl)c2)ccc1C1=C(O)C(C)(C)OC(C)(C)C1=O. The van der Waals surface area contributed by atoms with Crippen LogP contribution in [0.2, 0.25) is 5.02 Å². The van der Waals surface area contributed by atoms with Crippen LogP contribution in [0.1, 0.15) is 45.7 Å². The number of halogens is 2. The van der Waals surface area contributed by atoms with Gasteiger partial charge in [0.25, 0.3) is 0 Å². The third kappa shape index (κ3) is 3.47. The summed E-state index contributed by atoms with van der Waals surface area (Å²) in [5, 5.41) is 10.9. The molecule has 0 saturated carbocycles. The van der Waals surface area contributed by atoms with Crippen molar-refractivity contribution >= 4 is 23.0 Å². The minimum absolute atomic E-state index is 0.0584. The van der Waals surface area contributed by atoms with Crippen molar-refractivity contribution in [3.05, 3.63) is 64.1 Å². The van der Waals surface area contributed by atoms with Gasteiger partial charge in [-0.15, -0.1) is 0 Å². The molecule has 0 aromatic heterocycles. The zero-order valence-corrected chi connectivity index (χ0v) is 17.4. The molecule has 0 unspecified atom stereocenters. The first-order valence-corrected chi connectivity index (χ1v) is 9.63. The second-order valence-corrected chi connectivity index (χ2v) is 8.44. The Morgan fingerprint density at radius 3 is 2.25 bits per heavy atom. The van der Waals surface area contributed by atoms with Crippen LogP contribution in [0.15, 0.2) is 42.2 Å². The molecule has 3 nitrogen and oxygen atoms in total. The van der Waals surface area contributed by atoms with Crippen molar-refractivity contribution in [3.8, 4) is 11.1 Å². The van der Waals surface area contributed by atoms with Gasteiger partial charge in [0.15, 0.2) is 5.78 Å². The number of ether oxygens (including phenoxy) is 1. The first kappa shape index (κ1) is 20.6. The van der Waals surface area contributed by atoms with Crippen molar-refractivity contribution in [2.24, 2.45) is 0 Å². The van der Waals surface area contributed by atoms with Crippen LogP contribution in [-0.2, 0) is 16.0 Å². The van der Waals surface area contributed by atoms with Crippen LogP contribution < -0.4 is 0 Å². The van der Waals surface area contributed by atoms with Crippen LogP contribution in [0.25, 0.3) is 16.7 Å². The fourth-order valence-electron chi connectivity index (χ4n) is 3.68. The van der Waals surface area contributed by atoms with Crippen molar-refractivity contribution in [2.75, 3.05) is 0 Å². The summed E-state index contributed by atoms with van der Waals surface area (Å²) in [6, 6.07) is 10.2. The van der Waals surface area contributed by atoms with Gasteiger partial charge in [-0.3, -0.25) is 4.79 Å². The zero-order valence-electron chi connectivity index (χ0n) is 16.7. The van der Waals surface area contributed by atoms with Gasteiger partial charge in [0, 0.05) is 0 Å². The Kier molecular flexibility index (Phi) is 5.15. The average Bonchev–Trinajstić information content (AvgIpc) is 2.62. The number of carbonyl (C=O) groups excluding carboxylic acids is 1. The van der Waals surface area contributed by atoms with Crippen LogP contribution >= 0.6 is 11.6 Å². The van der Waals surface area contributed by atoms with Crippen LogP contribution in [0.4, 0.5) is 4.39 Å². The second kappa shape index (κ2) is 7.02. The second-order valence-electron chi connectivity index (χ2n) is 8.03. The van der Waals surface area contributed by atoms with Crippen LogP contribution in [0, 0.1) is 5.82 Å². The number of hydrogen-bond acceptors (Lipinski definition) is 3. The maximum Gasteiger partial charge on any atom is 0.198 e. The number of carbonyl (C=O) groups is 1. The standard InChI is InChI=1S/C23H24ClFO3/c1-6-13-11-14(15-8-10-18(25)17(24)12-15)7-9-16(13)19-20(26)22(2,3)28-23(4,5)21(19)27/h7-12,26H,6H2,1-5H3. The van der Waals surface area contributed by atoms with E-state index in [9.17, 15) is 14.3 Å². The molecular formula is C23H24ClFO3. The third-order valence-electron chi connectivity index (χ3n) is 5.10. The maximum atomic E-state index is 13.5. The highest BCUT2D eigenvalue weighted by molar-refractivity contribution is 6.31. The third-order valence-corrected chi connectivity index (χ3v) is 5.39. The fraction of sp³-hybridized carbons (Fsp3) is 0.348. The molecule has 2 aromatic carbocycles. The van der Waals surface area contributed by atoms with Gasteiger partial charge >= 0.3 is 0 Å². The van der Waals surface area contributed by atoms with Gasteiger partial charge in [-0.1, -0.05) is 42.8 Å². The normalized spacial score (nSPS) is 18.5. The largest absolute Gasteiger partial charge is 0.508 e. The summed E-state index contributed by atoms with van der Waals surface area (Å²) in [7, 11) is 0. The number of ketones is 1. The van der Waals surface area contributed by atoms with Crippen molar-refractivity contribution in [1.82, 2.24) is 0 Å². The summed E-state index contributed by atoms with van der Waals surface area (Å²) in [5.41, 5.74) is 1.51. The quantitative estimate of drug-likeness (QED) is 0.671. The monoisotopic (exact) mass is 402 g/mol. The molecule has 2 aromatic rings. The van der Waals surface area contributed by atoms with Gasteiger partial charge in [0.2, 0.25) is 0 Å². The van der Waals surface area contributed by atoms with E-state index in [0.717, 1.165) is 16.7 Å². The predicted octanol–water partition coefficient (Wildman–Crippen LogP) is 6.13. The van der Waals surface area contributed by atoms with E-state index in [0.29, 0.717) is 17.6 Å². The topological polar surface area (TPSA) is 46.5 Å². The molecule has 1 N–H and O–H groups in total. The molecule has 0 saturated heterocycles. The van der Waals surface area contributed by atoms with E-state index in [1.807, 2.05) is 25.1 Å². The molecule has 28 heavy (non-hydrogen) atoms. The minimum atomic E-state index is -1.04. The molecule has 0 aliphatic carbocycles. The molecule has 1 heterocycles. The molecular weight excluding hydrogens is 379 g/mol. The molecule has 5 heteroatoms. The first-order valence-electron chi connectivity index (χ1n) is 9.25. The van der Waals surface area contributed by atoms with Crippen molar-refractivity contribution < 1.29 is 19.0 Å². The van der Waals surface area contributed by atoms with Gasteiger partial charge in [-0.05, 0) is 68.5 Å². The van der Waals surface area contributed by atoms with Crippen LogP contribution in [0.5, 0.6) is 0 Å². The van der Waals surface area contributed by atoms with Gasteiger partial charge in [0.1, 0.15) is 22.8 Å². The maximum absolute atomic E-state index is 13.5. The highest BCUT2D eigenvalue weighted by Crippen LogP contribution is 2.41. The van der Waals surface area contributed by atoms with Crippen molar-refractivity contribution in [1.29, 1.82) is 0 Å². The molecule has 148 valence electrons. The molecule has 1 aliphatic heterocycles. The number of hydrogen-bond donors (Lipinski definition) is 1. The molecule has 0 fully saturated rings. The zero-order chi connectivity index (χ0) is 20.9. The van der Waals surface area contributed by atoms with E-state index < -0.39 is 17.0 Å². The highest BCUT2D eigenvalue weighted by Gasteiger charge is 2.47. The summed E-state index contributed by atoms with van der Waals surface area (Å²) >= 11 is 5.92. The molecule has 0 amide bonds. The number of aliphatic hydroxyl groups is 1. The predicted molar refractivity (Wildman–Crippen MR) is 110 cm³/mol. The summed E-state index contributed by atoms with van der Waals surface area (Å²) < 4.78 is 19.3. The lowest BCUT2D eigenvalue weighted by Gasteiger charge is -2.40. The molecule has 0 spiro atoms. The van der Waals surface area contributed by atoms with Crippen molar-refractivity contribution in [2.45, 2.75) is 52.2 Å². The lowest BCUT2D eigenvalue weighted by molar-refractivity contribution is -0.158. The van der Waals surface area contributed by atoms with Crippen LogP contribution in [0.3, 0.4) is 0 Å². The first-order chi connectivity index (χ1) is 13.0. The van der Waals surface area contributed by atoms with Crippen molar-refractivity contribution in [3.63, 3.8) is 0 Å². The summed E-state index contributed by atoms with van der Waals surface area (Å²) in [6.45, 7) is 8.90. The minimum Gasteiger partial charge on any atom is -0.508 e. The number of aliphatic hydroxyl groups excluding tert-OH is 1. The van der Waals surface area contributed by atoms with E-state index in [4.69, 9.17) is 16.3 Å². The summed E-state index contributed by atoms with van der Waals surface area (Å²) in [5.74, 6) is -0.786. The Bertz CT molecular complexity index is 989. The van der Waals surface area contributed by atoms with E-state index in [1.165, 1.54) is 6.07 Å². The van der Waals surface area contributed by atoms with Gasteiger partial charge in [-0.2, -0.15) is 0 Å². The molecule has 0 radical (unpaired) electrons. The van der Waals surface area contributed by atoms with Crippen LogP contribution in [-0.4, -0.2) is 22.1 Å². The Morgan fingerprint density at radius 1 is 1.04 bits per heavy atom. The Morgan fingerprint density at radius 2 is 1.64 bits per heavy atom. The van der Waals surface area contributed by atoms with E-state index in [2.05, 4.69) is 0 Å². The number of aryl methyl sites for hydroxylation is 1. The summed E-state index contributed by atoms with van der Waals surface area (Å²) in [4.78, 5) is 13.0. The lowest BCUT2D eigenvalue weighted by atomic mass is 9.81. The molecule has 3 rings (SSSR count). The average molecular weight is 403 g/mol. The lowest BCUT2D eigenvalue weighted by Crippen LogP contribution is -2.49. The number of Topliss-reactive ketones (excluding diaryl/α,β-unsaturated/α-hetero) is 1. The molecule has 0 atom stereocenters. The van der Waals surface area contributed by atoms with E-state index in [-0.39, 0.29) is 16.6 Å².